The van der Waals surface area contributed by atoms with Crippen molar-refractivity contribution < 1.29 is 19.0 Å². The van der Waals surface area contributed by atoms with Gasteiger partial charge in [0.25, 0.3) is 5.91 Å². The average Bonchev–Trinajstić information content (AvgIpc) is 3.13. The summed E-state index contributed by atoms with van der Waals surface area (Å²) in [5.41, 5.74) is 1.51. The third kappa shape index (κ3) is 3.66. The molecule has 0 aliphatic rings. The predicted molar refractivity (Wildman–Crippen MR) is 97.9 cm³/mol. The van der Waals surface area contributed by atoms with Crippen LogP contribution < -0.4 is 19.5 Å². The van der Waals surface area contributed by atoms with E-state index in [0.717, 1.165) is 0 Å². The quantitative estimate of drug-likeness (QED) is 0.711. The summed E-state index contributed by atoms with van der Waals surface area (Å²) in [6, 6.07) is 10.2. The van der Waals surface area contributed by atoms with Crippen molar-refractivity contribution in [3.63, 3.8) is 0 Å². The van der Waals surface area contributed by atoms with Gasteiger partial charge in [0.2, 0.25) is 0 Å². The normalized spacial score (nSPS) is 10.4. The van der Waals surface area contributed by atoms with Crippen molar-refractivity contribution >= 4 is 11.6 Å². The Kier molecular flexibility index (Phi) is 5.20. The zero-order valence-corrected chi connectivity index (χ0v) is 15.4. The van der Waals surface area contributed by atoms with E-state index in [2.05, 4.69) is 20.8 Å². The molecule has 0 fully saturated rings. The Morgan fingerprint density at radius 3 is 2.37 bits per heavy atom. The van der Waals surface area contributed by atoms with Crippen molar-refractivity contribution in [2.24, 2.45) is 0 Å². The van der Waals surface area contributed by atoms with Crippen LogP contribution in [0.1, 0.15) is 16.2 Å². The van der Waals surface area contributed by atoms with Crippen molar-refractivity contribution in [2.75, 3.05) is 26.6 Å². The molecule has 0 unspecified atom stereocenters. The third-order valence-electron chi connectivity index (χ3n) is 3.94. The molecule has 140 valence electrons. The predicted octanol–water partition coefficient (Wildman–Crippen LogP) is 2.25. The van der Waals surface area contributed by atoms with Crippen molar-refractivity contribution in [3.05, 3.63) is 47.8 Å². The molecule has 3 aromatic rings. The van der Waals surface area contributed by atoms with Crippen LogP contribution in [0, 0.1) is 6.92 Å². The van der Waals surface area contributed by atoms with Crippen LogP contribution in [-0.2, 0) is 0 Å². The minimum atomic E-state index is -0.338. The number of amides is 1. The summed E-state index contributed by atoms with van der Waals surface area (Å²) in [6.45, 7) is 1.77. The van der Waals surface area contributed by atoms with Crippen LogP contribution >= 0.6 is 0 Å². The number of aromatic nitrogens is 4. The van der Waals surface area contributed by atoms with Gasteiger partial charge in [-0.2, -0.15) is 4.68 Å². The van der Waals surface area contributed by atoms with E-state index >= 15 is 0 Å². The fraction of sp³-hybridized carbons (Fsp3) is 0.222. The number of anilines is 1. The second-order valence-electron chi connectivity index (χ2n) is 5.54. The van der Waals surface area contributed by atoms with Crippen LogP contribution in [0.3, 0.4) is 0 Å². The van der Waals surface area contributed by atoms with Gasteiger partial charge in [0.05, 0.1) is 26.9 Å². The number of methoxy groups -OCH3 is 3. The molecule has 9 nitrogen and oxygen atoms in total. The van der Waals surface area contributed by atoms with Gasteiger partial charge in [0, 0.05) is 5.69 Å². The molecule has 1 heterocycles. The molecule has 0 saturated heterocycles. The standard InChI is InChI=1S/C18H19N5O4/c1-11-20-21-22-23(11)15-9-12(5-7-17(15)27-4)19-18(24)14-10-13(25-2)6-8-16(14)26-3/h5-10H,1-4H3,(H,19,24). The lowest BCUT2D eigenvalue weighted by Gasteiger charge is -2.13. The van der Waals surface area contributed by atoms with Crippen LogP contribution in [0.4, 0.5) is 5.69 Å². The maximum Gasteiger partial charge on any atom is 0.259 e. The maximum absolute atomic E-state index is 12.8. The van der Waals surface area contributed by atoms with Gasteiger partial charge in [-0.05, 0) is 53.7 Å². The molecule has 1 aromatic heterocycles. The number of hydrogen-bond acceptors (Lipinski definition) is 7. The zero-order chi connectivity index (χ0) is 19.4. The van der Waals surface area contributed by atoms with Crippen LogP contribution in [0.2, 0.25) is 0 Å². The number of rotatable bonds is 6. The Morgan fingerprint density at radius 2 is 1.74 bits per heavy atom. The summed E-state index contributed by atoms with van der Waals surface area (Å²) >= 11 is 0. The summed E-state index contributed by atoms with van der Waals surface area (Å²) in [7, 11) is 4.59. The molecule has 27 heavy (non-hydrogen) atoms. The summed E-state index contributed by atoms with van der Waals surface area (Å²) in [5.74, 6) is 1.82. The number of carbonyl (C=O) groups is 1. The lowest BCUT2D eigenvalue weighted by Crippen LogP contribution is -2.14. The number of benzene rings is 2. The number of tetrazole rings is 1. The van der Waals surface area contributed by atoms with Gasteiger partial charge in [-0.15, -0.1) is 5.10 Å². The molecule has 1 N–H and O–H groups in total. The lowest BCUT2D eigenvalue weighted by molar-refractivity contribution is 0.102. The molecular weight excluding hydrogens is 350 g/mol. The van der Waals surface area contributed by atoms with Crippen LogP contribution in [-0.4, -0.2) is 47.4 Å². The Bertz CT molecular complexity index is 970. The van der Waals surface area contributed by atoms with Gasteiger partial charge in [0.1, 0.15) is 22.9 Å². The molecule has 0 bridgehead atoms. The average molecular weight is 369 g/mol. The molecule has 3 rings (SSSR count). The summed E-state index contributed by atoms with van der Waals surface area (Å²) in [4.78, 5) is 12.8. The van der Waals surface area contributed by atoms with Gasteiger partial charge >= 0.3 is 0 Å². The van der Waals surface area contributed by atoms with E-state index in [1.54, 1.807) is 50.4 Å². The van der Waals surface area contributed by atoms with Crippen LogP contribution in [0.5, 0.6) is 17.2 Å². The van der Waals surface area contributed by atoms with E-state index in [4.69, 9.17) is 14.2 Å². The van der Waals surface area contributed by atoms with E-state index in [1.165, 1.54) is 18.9 Å². The number of nitrogens with zero attached hydrogens (tertiary/aromatic N) is 4. The monoisotopic (exact) mass is 369 g/mol. The van der Waals surface area contributed by atoms with Crippen molar-refractivity contribution in [1.29, 1.82) is 0 Å². The first-order chi connectivity index (χ1) is 13.1. The molecule has 0 saturated carbocycles. The number of carbonyl (C=O) groups excluding carboxylic acids is 1. The number of hydrogen-bond donors (Lipinski definition) is 1. The van der Waals surface area contributed by atoms with Gasteiger partial charge in [0.15, 0.2) is 5.82 Å². The smallest absolute Gasteiger partial charge is 0.259 e. The highest BCUT2D eigenvalue weighted by Crippen LogP contribution is 2.28. The topological polar surface area (TPSA) is 100 Å². The highest BCUT2D eigenvalue weighted by atomic mass is 16.5. The second-order valence-corrected chi connectivity index (χ2v) is 5.54. The molecule has 0 spiro atoms. The highest BCUT2D eigenvalue weighted by molar-refractivity contribution is 6.06. The minimum absolute atomic E-state index is 0.338. The Hall–Kier alpha value is -3.62. The fourth-order valence-corrected chi connectivity index (χ4v) is 2.58. The Morgan fingerprint density at radius 1 is 1.00 bits per heavy atom. The molecule has 0 radical (unpaired) electrons. The summed E-state index contributed by atoms with van der Waals surface area (Å²) in [6.07, 6.45) is 0. The zero-order valence-electron chi connectivity index (χ0n) is 15.4. The van der Waals surface area contributed by atoms with E-state index in [1.807, 2.05) is 0 Å². The highest BCUT2D eigenvalue weighted by Gasteiger charge is 2.16. The molecular formula is C18H19N5O4. The van der Waals surface area contributed by atoms with Crippen molar-refractivity contribution in [1.82, 2.24) is 20.2 Å². The maximum atomic E-state index is 12.8. The van der Waals surface area contributed by atoms with Crippen LogP contribution in [0.25, 0.3) is 5.69 Å². The third-order valence-corrected chi connectivity index (χ3v) is 3.94. The number of nitrogens with one attached hydrogen (secondary N) is 1. The molecule has 9 heteroatoms. The van der Waals surface area contributed by atoms with Crippen molar-refractivity contribution in [3.8, 4) is 22.9 Å². The fourth-order valence-electron chi connectivity index (χ4n) is 2.58. The minimum Gasteiger partial charge on any atom is -0.497 e. The molecule has 0 atom stereocenters. The largest absolute Gasteiger partial charge is 0.497 e. The first-order valence-electron chi connectivity index (χ1n) is 8.04. The first-order valence-corrected chi connectivity index (χ1v) is 8.04. The SMILES string of the molecule is COc1ccc(OC)c(C(=O)Nc2ccc(OC)c(-n3nnnc3C)c2)c1. The van der Waals surface area contributed by atoms with E-state index in [9.17, 15) is 4.79 Å². The van der Waals surface area contributed by atoms with Crippen molar-refractivity contribution in [2.45, 2.75) is 6.92 Å². The van der Waals surface area contributed by atoms with Crippen LogP contribution in [0.15, 0.2) is 36.4 Å². The molecule has 0 aliphatic heterocycles. The Labute approximate surface area is 155 Å². The van der Waals surface area contributed by atoms with E-state index in [0.29, 0.717) is 40.0 Å². The van der Waals surface area contributed by atoms with Gasteiger partial charge in [-0.3, -0.25) is 4.79 Å². The van der Waals surface area contributed by atoms with Gasteiger partial charge < -0.3 is 19.5 Å². The summed E-state index contributed by atoms with van der Waals surface area (Å²) in [5, 5.41) is 14.3. The molecule has 1 amide bonds. The number of aryl methyl sites for hydroxylation is 1. The Balaban J connectivity index is 1.95. The molecule has 0 aliphatic carbocycles. The number of ether oxygens (including phenoxy) is 3. The summed E-state index contributed by atoms with van der Waals surface area (Å²) < 4.78 is 17.4. The van der Waals surface area contributed by atoms with Gasteiger partial charge in [-0.1, -0.05) is 0 Å². The van der Waals surface area contributed by atoms with E-state index in [-0.39, 0.29) is 5.91 Å². The second kappa shape index (κ2) is 7.73. The van der Waals surface area contributed by atoms with E-state index < -0.39 is 0 Å². The lowest BCUT2D eigenvalue weighted by atomic mass is 10.1. The molecule has 2 aromatic carbocycles. The first kappa shape index (κ1) is 18.2. The van der Waals surface area contributed by atoms with Gasteiger partial charge in [-0.25, -0.2) is 0 Å².